The van der Waals surface area contributed by atoms with Crippen molar-refractivity contribution in [2.24, 2.45) is 0 Å². The van der Waals surface area contributed by atoms with Gasteiger partial charge in [0.1, 0.15) is 11.6 Å². The Labute approximate surface area is 129 Å². The van der Waals surface area contributed by atoms with Crippen molar-refractivity contribution >= 4 is 43.4 Å². The quantitative estimate of drug-likeness (QED) is 0.749. The van der Waals surface area contributed by atoms with Crippen LogP contribution in [0.1, 0.15) is 0 Å². The van der Waals surface area contributed by atoms with E-state index in [1.165, 1.54) is 24.3 Å². The number of pyridine rings is 1. The van der Waals surface area contributed by atoms with Crippen LogP contribution >= 0.6 is 31.9 Å². The molecule has 20 heavy (non-hydrogen) atoms. The Morgan fingerprint density at radius 1 is 1.10 bits per heavy atom. The van der Waals surface area contributed by atoms with Crippen molar-refractivity contribution in [2.75, 3.05) is 5.32 Å². The van der Waals surface area contributed by atoms with Gasteiger partial charge >= 0.3 is 6.36 Å². The molecule has 1 aromatic heterocycles. The minimum Gasteiger partial charge on any atom is -0.406 e. The molecule has 0 spiro atoms. The number of halogens is 5. The third-order valence-corrected chi connectivity index (χ3v) is 3.20. The molecule has 8 heteroatoms. The zero-order valence-corrected chi connectivity index (χ0v) is 12.9. The van der Waals surface area contributed by atoms with E-state index in [1.807, 2.05) is 0 Å². The van der Waals surface area contributed by atoms with Gasteiger partial charge in [-0.25, -0.2) is 4.98 Å². The van der Waals surface area contributed by atoms with Crippen molar-refractivity contribution in [3.63, 3.8) is 0 Å². The van der Waals surface area contributed by atoms with Gasteiger partial charge in [-0.2, -0.15) is 0 Å². The Hall–Kier alpha value is -1.28. The molecule has 1 N–H and O–H groups in total. The lowest BCUT2D eigenvalue weighted by Gasteiger charge is -2.10. The number of hydrogen-bond donors (Lipinski definition) is 1. The molecule has 0 bridgehead atoms. The third-order valence-electron chi connectivity index (χ3n) is 2.16. The summed E-state index contributed by atoms with van der Waals surface area (Å²) in [6, 6.07) is 7.19. The minimum atomic E-state index is -4.69. The van der Waals surface area contributed by atoms with Gasteiger partial charge in [-0.1, -0.05) is 0 Å². The van der Waals surface area contributed by atoms with Gasteiger partial charge in [-0.15, -0.1) is 13.2 Å². The normalized spacial score (nSPS) is 11.2. The Bertz CT molecular complexity index is 603. The highest BCUT2D eigenvalue weighted by molar-refractivity contribution is 9.11. The Morgan fingerprint density at radius 3 is 2.30 bits per heavy atom. The lowest BCUT2D eigenvalue weighted by atomic mass is 10.3. The molecule has 0 saturated heterocycles. The largest absolute Gasteiger partial charge is 0.573 e. The Morgan fingerprint density at radius 2 is 1.75 bits per heavy atom. The highest BCUT2D eigenvalue weighted by Crippen LogP contribution is 2.28. The van der Waals surface area contributed by atoms with Crippen LogP contribution in [0.25, 0.3) is 0 Å². The summed E-state index contributed by atoms with van der Waals surface area (Å²) >= 11 is 6.61. The number of nitrogens with one attached hydrogen (secondary N) is 1. The molecule has 3 nitrogen and oxygen atoms in total. The summed E-state index contributed by atoms with van der Waals surface area (Å²) in [4.78, 5) is 4.14. The van der Waals surface area contributed by atoms with Gasteiger partial charge in [-0.3, -0.25) is 0 Å². The van der Waals surface area contributed by atoms with E-state index < -0.39 is 6.36 Å². The second-order valence-electron chi connectivity index (χ2n) is 3.68. The van der Waals surface area contributed by atoms with Crippen LogP contribution in [0.15, 0.2) is 45.5 Å². The number of anilines is 2. The second kappa shape index (κ2) is 6.01. The highest BCUT2D eigenvalue weighted by Gasteiger charge is 2.30. The first-order valence-electron chi connectivity index (χ1n) is 5.27. The van der Waals surface area contributed by atoms with E-state index in [1.54, 1.807) is 12.3 Å². The van der Waals surface area contributed by atoms with Crippen LogP contribution in [0.3, 0.4) is 0 Å². The smallest absolute Gasteiger partial charge is 0.406 e. The average Bonchev–Trinajstić information content (AvgIpc) is 2.33. The minimum absolute atomic E-state index is 0.272. The van der Waals surface area contributed by atoms with E-state index >= 15 is 0 Å². The van der Waals surface area contributed by atoms with E-state index in [2.05, 4.69) is 46.9 Å². The topological polar surface area (TPSA) is 34.1 Å². The molecule has 106 valence electrons. The first-order valence-corrected chi connectivity index (χ1v) is 6.86. The molecule has 0 amide bonds. The lowest BCUT2D eigenvalue weighted by Crippen LogP contribution is -2.16. The first-order chi connectivity index (χ1) is 9.33. The number of rotatable bonds is 3. The molecule has 0 aliphatic rings. The van der Waals surface area contributed by atoms with Crippen LogP contribution in [-0.2, 0) is 0 Å². The summed E-state index contributed by atoms with van der Waals surface area (Å²) in [6.07, 6.45) is -3.08. The molecule has 2 rings (SSSR count). The van der Waals surface area contributed by atoms with Crippen LogP contribution in [0.4, 0.5) is 24.7 Å². The van der Waals surface area contributed by atoms with Crippen molar-refractivity contribution in [3.05, 3.63) is 45.5 Å². The lowest BCUT2D eigenvalue weighted by molar-refractivity contribution is -0.274. The number of aromatic nitrogens is 1. The standard InChI is InChI=1S/C12H7Br2F3N2O/c13-7-5-10(14)11(18-6-7)19-8-1-3-9(4-2-8)20-12(15,16)17/h1-6H,(H,18,19). The molecule has 1 heterocycles. The fraction of sp³-hybridized carbons (Fsp3) is 0.0833. The fourth-order valence-electron chi connectivity index (χ4n) is 1.38. The van der Waals surface area contributed by atoms with Gasteiger partial charge in [0.15, 0.2) is 0 Å². The van der Waals surface area contributed by atoms with E-state index in [0.717, 1.165) is 8.95 Å². The van der Waals surface area contributed by atoms with Crippen molar-refractivity contribution in [1.82, 2.24) is 4.98 Å². The highest BCUT2D eigenvalue weighted by atomic mass is 79.9. The number of ether oxygens (including phenoxy) is 1. The molecular formula is C12H7Br2F3N2O. The second-order valence-corrected chi connectivity index (χ2v) is 5.45. The maximum Gasteiger partial charge on any atom is 0.573 e. The summed E-state index contributed by atoms with van der Waals surface area (Å²) in [5, 5.41) is 2.97. The van der Waals surface area contributed by atoms with E-state index in [9.17, 15) is 13.2 Å². The number of benzene rings is 1. The molecule has 0 saturated carbocycles. The van der Waals surface area contributed by atoms with Gasteiger partial charge in [-0.05, 0) is 62.2 Å². The number of alkyl halides is 3. The van der Waals surface area contributed by atoms with E-state index in [0.29, 0.717) is 11.5 Å². The molecule has 0 aliphatic heterocycles. The fourth-order valence-corrected chi connectivity index (χ4v) is 2.47. The van der Waals surface area contributed by atoms with Crippen LogP contribution < -0.4 is 10.1 Å². The zero-order chi connectivity index (χ0) is 14.8. The SMILES string of the molecule is FC(F)(F)Oc1ccc(Nc2ncc(Br)cc2Br)cc1. The first kappa shape index (κ1) is 15.1. The summed E-state index contributed by atoms with van der Waals surface area (Å²) in [6.45, 7) is 0. The third kappa shape index (κ3) is 4.38. The summed E-state index contributed by atoms with van der Waals surface area (Å²) in [7, 11) is 0. The van der Waals surface area contributed by atoms with Crippen LogP contribution in [0.5, 0.6) is 5.75 Å². The van der Waals surface area contributed by atoms with Gasteiger partial charge in [0, 0.05) is 16.4 Å². The molecule has 0 fully saturated rings. The van der Waals surface area contributed by atoms with E-state index in [-0.39, 0.29) is 5.75 Å². The predicted octanol–water partition coefficient (Wildman–Crippen LogP) is 5.25. The van der Waals surface area contributed by atoms with Crippen molar-refractivity contribution in [2.45, 2.75) is 6.36 Å². The molecular weight excluding hydrogens is 405 g/mol. The molecule has 0 unspecified atom stereocenters. The molecule has 0 atom stereocenters. The average molecular weight is 412 g/mol. The van der Waals surface area contributed by atoms with Gasteiger partial charge in [0.05, 0.1) is 4.47 Å². The predicted molar refractivity (Wildman–Crippen MR) is 76.0 cm³/mol. The maximum atomic E-state index is 12.0. The molecule has 0 aliphatic carbocycles. The zero-order valence-electron chi connectivity index (χ0n) is 9.71. The summed E-state index contributed by atoms with van der Waals surface area (Å²) < 4.78 is 41.4. The van der Waals surface area contributed by atoms with Crippen molar-refractivity contribution in [1.29, 1.82) is 0 Å². The molecule has 0 radical (unpaired) electrons. The van der Waals surface area contributed by atoms with Crippen LogP contribution in [0.2, 0.25) is 0 Å². The van der Waals surface area contributed by atoms with Crippen LogP contribution in [-0.4, -0.2) is 11.3 Å². The summed E-state index contributed by atoms with van der Waals surface area (Å²) in [5.41, 5.74) is 0.593. The summed E-state index contributed by atoms with van der Waals surface area (Å²) in [5.74, 6) is 0.281. The monoisotopic (exact) mass is 410 g/mol. The van der Waals surface area contributed by atoms with Crippen molar-refractivity contribution < 1.29 is 17.9 Å². The number of nitrogens with zero attached hydrogens (tertiary/aromatic N) is 1. The van der Waals surface area contributed by atoms with Gasteiger partial charge in [0.2, 0.25) is 0 Å². The number of hydrogen-bond acceptors (Lipinski definition) is 3. The van der Waals surface area contributed by atoms with Crippen molar-refractivity contribution in [3.8, 4) is 5.75 Å². The Balaban J connectivity index is 2.11. The van der Waals surface area contributed by atoms with E-state index in [4.69, 9.17) is 0 Å². The molecule has 1 aromatic carbocycles. The van der Waals surface area contributed by atoms with Gasteiger partial charge < -0.3 is 10.1 Å². The Kier molecular flexibility index (Phi) is 4.54. The van der Waals surface area contributed by atoms with Gasteiger partial charge in [0.25, 0.3) is 0 Å². The maximum absolute atomic E-state index is 12.0. The van der Waals surface area contributed by atoms with Crippen LogP contribution in [0, 0.1) is 0 Å². The molecule has 2 aromatic rings.